The van der Waals surface area contributed by atoms with Crippen LogP contribution in [0.1, 0.15) is 34.6 Å². The molecule has 4 aromatic rings. The molecular weight excluding hydrogens is 438 g/mol. The van der Waals surface area contributed by atoms with Crippen LogP contribution in [0, 0.1) is 6.92 Å². The first-order valence-corrected chi connectivity index (χ1v) is 11.7. The maximum absolute atomic E-state index is 13.7. The van der Waals surface area contributed by atoms with E-state index in [1.807, 2.05) is 29.2 Å². The van der Waals surface area contributed by atoms with Crippen LogP contribution in [-0.2, 0) is 11.3 Å². The average Bonchev–Trinajstić information content (AvgIpc) is 2.89. The fraction of sp³-hybridized carbons (Fsp3) is 0.233. The molecule has 0 bridgehead atoms. The lowest BCUT2D eigenvalue weighted by Crippen LogP contribution is -2.36. The van der Waals surface area contributed by atoms with Crippen LogP contribution in [-0.4, -0.2) is 27.2 Å². The summed E-state index contributed by atoms with van der Waals surface area (Å²) in [7, 11) is 4.83. The van der Waals surface area contributed by atoms with E-state index in [2.05, 4.69) is 55.5 Å². The number of rotatable bonds is 6. The van der Waals surface area contributed by atoms with E-state index < -0.39 is 0 Å². The molecule has 1 aliphatic rings. The monoisotopic (exact) mass is 467 g/mol. The minimum absolute atomic E-state index is 0.0789. The maximum atomic E-state index is 13.7. The Bertz CT molecular complexity index is 1390. The number of carbonyl (C=O) groups is 1. The van der Waals surface area contributed by atoms with E-state index in [1.54, 1.807) is 21.3 Å². The van der Waals surface area contributed by atoms with Gasteiger partial charge in [0.15, 0.2) is 11.5 Å². The molecule has 0 spiro atoms. The summed E-state index contributed by atoms with van der Waals surface area (Å²) in [4.78, 5) is 15.6. The SMILES string of the molecule is COc1ccc(C2CC(=O)N(Cc3ccc(C)cc3)c3ccc4ccccc4c32)c(OC)c1OC. The minimum atomic E-state index is -0.187. The predicted molar refractivity (Wildman–Crippen MR) is 139 cm³/mol. The topological polar surface area (TPSA) is 48.0 Å². The van der Waals surface area contributed by atoms with Gasteiger partial charge in [-0.15, -0.1) is 0 Å². The summed E-state index contributed by atoms with van der Waals surface area (Å²) in [6.45, 7) is 2.60. The summed E-state index contributed by atoms with van der Waals surface area (Å²) < 4.78 is 17.0. The van der Waals surface area contributed by atoms with Gasteiger partial charge in [0.25, 0.3) is 0 Å². The highest BCUT2D eigenvalue weighted by Gasteiger charge is 2.36. The first kappa shape index (κ1) is 22.8. The summed E-state index contributed by atoms with van der Waals surface area (Å²) >= 11 is 0. The first-order valence-electron chi connectivity index (χ1n) is 11.7. The van der Waals surface area contributed by atoms with Gasteiger partial charge in [0, 0.05) is 23.6 Å². The molecule has 178 valence electrons. The Morgan fingerprint density at radius 1 is 0.829 bits per heavy atom. The van der Waals surface area contributed by atoms with Gasteiger partial charge in [-0.3, -0.25) is 4.79 Å². The minimum Gasteiger partial charge on any atom is -0.493 e. The number of fused-ring (bicyclic) bond motifs is 3. The summed E-state index contributed by atoms with van der Waals surface area (Å²) in [5.74, 6) is 1.61. The van der Waals surface area contributed by atoms with Crippen LogP contribution in [0.15, 0.2) is 72.8 Å². The van der Waals surface area contributed by atoms with Gasteiger partial charge in [-0.2, -0.15) is 0 Å². The summed E-state index contributed by atoms with van der Waals surface area (Å²) in [6.07, 6.45) is 0.332. The van der Waals surface area contributed by atoms with Crippen molar-refractivity contribution < 1.29 is 19.0 Å². The lowest BCUT2D eigenvalue weighted by atomic mass is 9.80. The van der Waals surface area contributed by atoms with Gasteiger partial charge in [-0.05, 0) is 41.0 Å². The molecule has 1 amide bonds. The van der Waals surface area contributed by atoms with E-state index in [9.17, 15) is 4.79 Å². The number of carbonyl (C=O) groups excluding carboxylic acids is 1. The molecule has 0 saturated heterocycles. The van der Waals surface area contributed by atoms with Crippen molar-refractivity contribution in [2.24, 2.45) is 0 Å². The van der Waals surface area contributed by atoms with Crippen molar-refractivity contribution in [1.29, 1.82) is 0 Å². The zero-order valence-electron chi connectivity index (χ0n) is 20.5. The fourth-order valence-corrected chi connectivity index (χ4v) is 5.12. The van der Waals surface area contributed by atoms with Gasteiger partial charge in [0.2, 0.25) is 11.7 Å². The van der Waals surface area contributed by atoms with Crippen molar-refractivity contribution in [2.45, 2.75) is 25.8 Å². The summed E-state index contributed by atoms with van der Waals surface area (Å²) in [5, 5.41) is 2.27. The number of hydrogen-bond acceptors (Lipinski definition) is 4. The number of aryl methyl sites for hydroxylation is 1. The van der Waals surface area contributed by atoms with Crippen LogP contribution in [0.5, 0.6) is 17.2 Å². The number of amides is 1. The molecule has 1 atom stereocenters. The Kier molecular flexibility index (Phi) is 6.08. The molecule has 5 heteroatoms. The molecule has 5 nitrogen and oxygen atoms in total. The maximum Gasteiger partial charge on any atom is 0.228 e. The normalized spacial score (nSPS) is 15.1. The highest BCUT2D eigenvalue weighted by Crippen LogP contribution is 2.50. The van der Waals surface area contributed by atoms with Gasteiger partial charge in [-0.25, -0.2) is 0 Å². The Morgan fingerprint density at radius 2 is 1.57 bits per heavy atom. The van der Waals surface area contributed by atoms with Gasteiger partial charge in [0.05, 0.1) is 27.9 Å². The van der Waals surface area contributed by atoms with Crippen LogP contribution >= 0.6 is 0 Å². The smallest absolute Gasteiger partial charge is 0.228 e. The molecule has 4 aromatic carbocycles. The van der Waals surface area contributed by atoms with E-state index in [-0.39, 0.29) is 11.8 Å². The van der Waals surface area contributed by atoms with Crippen LogP contribution in [0.4, 0.5) is 5.69 Å². The van der Waals surface area contributed by atoms with Crippen LogP contribution < -0.4 is 19.1 Å². The summed E-state index contributed by atoms with van der Waals surface area (Å²) in [6, 6.07) is 24.7. The highest BCUT2D eigenvalue weighted by molar-refractivity contribution is 6.03. The van der Waals surface area contributed by atoms with Gasteiger partial charge in [0.1, 0.15) is 0 Å². The number of ether oxygens (including phenoxy) is 3. The van der Waals surface area contributed by atoms with Crippen molar-refractivity contribution in [2.75, 3.05) is 26.2 Å². The molecule has 1 unspecified atom stereocenters. The Balaban J connectivity index is 1.71. The molecular formula is C30H29NO4. The van der Waals surface area contributed by atoms with Crippen LogP contribution in [0.2, 0.25) is 0 Å². The number of hydrogen-bond donors (Lipinski definition) is 0. The average molecular weight is 468 g/mol. The van der Waals surface area contributed by atoms with Crippen LogP contribution in [0.25, 0.3) is 10.8 Å². The molecule has 0 aliphatic carbocycles. The third-order valence-corrected chi connectivity index (χ3v) is 6.84. The van der Waals surface area contributed by atoms with E-state index in [1.165, 1.54) is 5.56 Å². The molecule has 0 fully saturated rings. The fourth-order valence-electron chi connectivity index (χ4n) is 5.12. The van der Waals surface area contributed by atoms with E-state index in [0.717, 1.165) is 33.2 Å². The van der Waals surface area contributed by atoms with E-state index >= 15 is 0 Å². The summed E-state index contributed by atoms with van der Waals surface area (Å²) in [5.41, 5.74) is 5.27. The highest BCUT2D eigenvalue weighted by atomic mass is 16.5. The largest absolute Gasteiger partial charge is 0.493 e. The van der Waals surface area contributed by atoms with E-state index in [4.69, 9.17) is 14.2 Å². The third-order valence-electron chi connectivity index (χ3n) is 6.84. The van der Waals surface area contributed by atoms with Gasteiger partial charge in [-0.1, -0.05) is 66.2 Å². The standard InChI is InChI=1S/C30H29NO4/c1-19-9-11-20(12-10-19)18-31-25-15-13-21-7-5-6-8-22(21)28(25)24(17-27(31)32)23-14-16-26(33-2)30(35-4)29(23)34-3/h5-16,24H,17-18H2,1-4H3. The second-order valence-corrected chi connectivity index (χ2v) is 8.87. The number of benzene rings is 4. The molecule has 1 aliphatic heterocycles. The second kappa shape index (κ2) is 9.34. The van der Waals surface area contributed by atoms with Crippen molar-refractivity contribution >= 4 is 22.4 Å². The second-order valence-electron chi connectivity index (χ2n) is 8.87. The van der Waals surface area contributed by atoms with Crippen molar-refractivity contribution in [3.63, 3.8) is 0 Å². The van der Waals surface area contributed by atoms with E-state index in [0.29, 0.717) is 30.2 Å². The molecule has 0 aromatic heterocycles. The molecule has 0 saturated carbocycles. The Morgan fingerprint density at radius 3 is 2.29 bits per heavy atom. The quantitative estimate of drug-likeness (QED) is 0.337. The zero-order chi connectivity index (χ0) is 24.5. The third kappa shape index (κ3) is 3.97. The van der Waals surface area contributed by atoms with Crippen molar-refractivity contribution in [3.05, 3.63) is 95.1 Å². The number of anilines is 1. The predicted octanol–water partition coefficient (Wildman–Crippen LogP) is 6.24. The Labute approximate surface area is 205 Å². The first-order chi connectivity index (χ1) is 17.0. The number of methoxy groups -OCH3 is 3. The molecule has 5 rings (SSSR count). The molecule has 0 radical (unpaired) electrons. The van der Waals surface area contributed by atoms with Crippen LogP contribution in [0.3, 0.4) is 0 Å². The molecule has 1 heterocycles. The molecule has 0 N–H and O–H groups in total. The van der Waals surface area contributed by atoms with Gasteiger partial charge < -0.3 is 19.1 Å². The van der Waals surface area contributed by atoms with Crippen molar-refractivity contribution in [3.8, 4) is 17.2 Å². The van der Waals surface area contributed by atoms with Crippen molar-refractivity contribution in [1.82, 2.24) is 0 Å². The lowest BCUT2D eigenvalue weighted by Gasteiger charge is -2.36. The Hall–Kier alpha value is -3.99. The molecule has 35 heavy (non-hydrogen) atoms. The number of nitrogens with zero attached hydrogens (tertiary/aromatic N) is 1. The van der Waals surface area contributed by atoms with Gasteiger partial charge >= 0.3 is 0 Å². The lowest BCUT2D eigenvalue weighted by molar-refractivity contribution is -0.119. The zero-order valence-corrected chi connectivity index (χ0v) is 20.5.